The summed E-state index contributed by atoms with van der Waals surface area (Å²) in [4.78, 5) is 0. The normalized spacial score (nSPS) is 10.4. The monoisotopic (exact) mass is 289 g/mol. The van der Waals surface area contributed by atoms with E-state index in [1.54, 1.807) is 0 Å². The summed E-state index contributed by atoms with van der Waals surface area (Å²) in [6, 6.07) is 12.1. The Balaban J connectivity index is 1.86. The average molecular weight is 290 g/mol. The molecule has 2 nitrogen and oxygen atoms in total. The first-order valence-electron chi connectivity index (χ1n) is 6.76. The van der Waals surface area contributed by atoms with E-state index in [0.29, 0.717) is 6.61 Å². The van der Waals surface area contributed by atoms with Crippen LogP contribution in [0.2, 0.25) is 5.02 Å². The maximum Gasteiger partial charge on any atom is 0.122 e. The molecule has 0 atom stereocenters. The average Bonchev–Trinajstić information content (AvgIpc) is 2.40. The minimum atomic E-state index is 0.621. The van der Waals surface area contributed by atoms with Gasteiger partial charge < -0.3 is 10.1 Å². The van der Waals surface area contributed by atoms with Crippen molar-refractivity contribution in [2.75, 3.05) is 18.5 Å². The lowest BCUT2D eigenvalue weighted by molar-refractivity contribution is 0.330. The molecule has 106 valence electrons. The number of benzene rings is 2. The van der Waals surface area contributed by atoms with Crippen molar-refractivity contribution >= 4 is 17.3 Å². The van der Waals surface area contributed by atoms with Crippen LogP contribution in [0, 0.1) is 20.8 Å². The van der Waals surface area contributed by atoms with E-state index in [1.807, 2.05) is 25.1 Å². The molecule has 0 aliphatic rings. The molecule has 0 aliphatic carbocycles. The molecule has 0 bridgehead atoms. The van der Waals surface area contributed by atoms with Crippen molar-refractivity contribution in [2.45, 2.75) is 20.8 Å². The molecular weight excluding hydrogens is 270 g/mol. The van der Waals surface area contributed by atoms with Gasteiger partial charge in [-0.1, -0.05) is 23.7 Å². The highest BCUT2D eigenvalue weighted by atomic mass is 35.5. The summed E-state index contributed by atoms with van der Waals surface area (Å²) in [5, 5.41) is 4.14. The lowest BCUT2D eigenvalue weighted by Gasteiger charge is -2.12. The van der Waals surface area contributed by atoms with Gasteiger partial charge in [0.2, 0.25) is 0 Å². The van der Waals surface area contributed by atoms with E-state index in [-0.39, 0.29) is 0 Å². The van der Waals surface area contributed by atoms with Crippen molar-refractivity contribution in [3.8, 4) is 5.75 Å². The maximum atomic E-state index is 5.92. The van der Waals surface area contributed by atoms with Crippen molar-refractivity contribution in [2.24, 2.45) is 0 Å². The Morgan fingerprint density at radius 3 is 2.55 bits per heavy atom. The highest BCUT2D eigenvalue weighted by Gasteiger charge is 2.01. The third-order valence-electron chi connectivity index (χ3n) is 3.21. The minimum absolute atomic E-state index is 0.621. The van der Waals surface area contributed by atoms with Crippen molar-refractivity contribution in [1.82, 2.24) is 0 Å². The molecule has 0 spiro atoms. The summed E-state index contributed by atoms with van der Waals surface area (Å²) < 4.78 is 5.76. The molecule has 0 unspecified atom stereocenters. The van der Waals surface area contributed by atoms with Crippen LogP contribution in [-0.2, 0) is 0 Å². The number of ether oxygens (including phenoxy) is 1. The molecule has 1 N–H and O–H groups in total. The first-order valence-corrected chi connectivity index (χ1v) is 7.14. The lowest BCUT2D eigenvalue weighted by Crippen LogP contribution is -2.12. The molecule has 0 aromatic heterocycles. The Morgan fingerprint density at radius 1 is 1.00 bits per heavy atom. The lowest BCUT2D eigenvalue weighted by atomic mass is 10.1. The fourth-order valence-corrected chi connectivity index (χ4v) is 2.27. The maximum absolute atomic E-state index is 5.92. The van der Waals surface area contributed by atoms with Crippen LogP contribution in [0.3, 0.4) is 0 Å². The second-order valence-corrected chi connectivity index (χ2v) is 5.44. The Kier molecular flexibility index (Phi) is 4.91. The first kappa shape index (κ1) is 14.7. The number of hydrogen-bond donors (Lipinski definition) is 1. The molecule has 0 amide bonds. The molecule has 3 heteroatoms. The van der Waals surface area contributed by atoms with Crippen LogP contribution in [0.1, 0.15) is 16.7 Å². The Morgan fingerprint density at radius 2 is 1.80 bits per heavy atom. The van der Waals surface area contributed by atoms with Gasteiger partial charge >= 0.3 is 0 Å². The summed E-state index contributed by atoms with van der Waals surface area (Å²) in [6.07, 6.45) is 0. The molecule has 2 aromatic carbocycles. The molecule has 2 rings (SSSR count). The van der Waals surface area contributed by atoms with E-state index in [1.165, 1.54) is 16.8 Å². The van der Waals surface area contributed by atoms with E-state index in [9.17, 15) is 0 Å². The third kappa shape index (κ3) is 3.91. The standard InChI is InChI=1S/C17H20ClNO/c1-12-4-5-13(2)16(10-12)19-8-9-20-17-7-6-15(18)11-14(17)3/h4-7,10-11,19H,8-9H2,1-3H3. The van der Waals surface area contributed by atoms with E-state index in [4.69, 9.17) is 16.3 Å². The molecule has 2 aromatic rings. The van der Waals surface area contributed by atoms with Crippen LogP contribution in [0.15, 0.2) is 36.4 Å². The van der Waals surface area contributed by atoms with E-state index < -0.39 is 0 Å². The number of rotatable bonds is 5. The molecule has 0 saturated heterocycles. The Hall–Kier alpha value is -1.67. The van der Waals surface area contributed by atoms with Crippen LogP contribution in [-0.4, -0.2) is 13.2 Å². The number of halogens is 1. The van der Waals surface area contributed by atoms with Crippen molar-refractivity contribution in [1.29, 1.82) is 0 Å². The summed E-state index contributed by atoms with van der Waals surface area (Å²) in [6.45, 7) is 7.59. The summed E-state index contributed by atoms with van der Waals surface area (Å²) in [5.41, 5.74) is 4.73. The van der Waals surface area contributed by atoms with Crippen LogP contribution < -0.4 is 10.1 Å². The van der Waals surface area contributed by atoms with Gasteiger partial charge in [0.15, 0.2) is 0 Å². The SMILES string of the molecule is Cc1ccc(C)c(NCCOc2ccc(Cl)cc2C)c1. The second-order valence-electron chi connectivity index (χ2n) is 5.00. The van der Waals surface area contributed by atoms with Gasteiger partial charge in [-0.25, -0.2) is 0 Å². The van der Waals surface area contributed by atoms with E-state index in [2.05, 4.69) is 37.4 Å². The quantitative estimate of drug-likeness (QED) is 0.802. The Bertz CT molecular complexity index is 596. The molecular formula is C17H20ClNO. The van der Waals surface area contributed by atoms with Gasteiger partial charge in [0, 0.05) is 17.3 Å². The van der Waals surface area contributed by atoms with Crippen molar-refractivity contribution in [3.63, 3.8) is 0 Å². The zero-order valence-corrected chi connectivity index (χ0v) is 12.9. The van der Waals surface area contributed by atoms with Crippen LogP contribution in [0.5, 0.6) is 5.75 Å². The predicted octanol–water partition coefficient (Wildman–Crippen LogP) is 4.76. The fraction of sp³-hybridized carbons (Fsp3) is 0.294. The van der Waals surface area contributed by atoms with E-state index >= 15 is 0 Å². The summed E-state index contributed by atoms with van der Waals surface area (Å²) >= 11 is 5.92. The number of aryl methyl sites for hydroxylation is 3. The zero-order valence-electron chi connectivity index (χ0n) is 12.2. The Labute approximate surface area is 125 Å². The van der Waals surface area contributed by atoms with Gasteiger partial charge in [0.1, 0.15) is 12.4 Å². The molecule has 0 fully saturated rings. The molecule has 0 heterocycles. The highest BCUT2D eigenvalue weighted by Crippen LogP contribution is 2.21. The van der Waals surface area contributed by atoms with Gasteiger partial charge in [-0.05, 0) is 61.7 Å². The van der Waals surface area contributed by atoms with Crippen molar-refractivity contribution < 1.29 is 4.74 Å². The topological polar surface area (TPSA) is 21.3 Å². The van der Waals surface area contributed by atoms with Gasteiger partial charge in [-0.15, -0.1) is 0 Å². The smallest absolute Gasteiger partial charge is 0.122 e. The second kappa shape index (κ2) is 6.67. The largest absolute Gasteiger partial charge is 0.491 e. The van der Waals surface area contributed by atoms with Crippen LogP contribution in [0.25, 0.3) is 0 Å². The predicted molar refractivity (Wildman–Crippen MR) is 86.1 cm³/mol. The van der Waals surface area contributed by atoms with Gasteiger partial charge in [-0.3, -0.25) is 0 Å². The molecule has 0 aliphatic heterocycles. The molecule has 0 saturated carbocycles. The van der Waals surface area contributed by atoms with Gasteiger partial charge in [-0.2, -0.15) is 0 Å². The van der Waals surface area contributed by atoms with Crippen molar-refractivity contribution in [3.05, 3.63) is 58.1 Å². The van der Waals surface area contributed by atoms with Gasteiger partial charge in [0.05, 0.1) is 0 Å². The minimum Gasteiger partial charge on any atom is -0.491 e. The van der Waals surface area contributed by atoms with E-state index in [0.717, 1.165) is 22.9 Å². The number of hydrogen-bond acceptors (Lipinski definition) is 2. The fourth-order valence-electron chi connectivity index (χ4n) is 2.05. The summed E-state index contributed by atoms with van der Waals surface area (Å²) in [7, 11) is 0. The summed E-state index contributed by atoms with van der Waals surface area (Å²) in [5.74, 6) is 0.886. The third-order valence-corrected chi connectivity index (χ3v) is 3.44. The molecule has 20 heavy (non-hydrogen) atoms. The number of nitrogens with one attached hydrogen (secondary N) is 1. The van der Waals surface area contributed by atoms with Crippen LogP contribution >= 0.6 is 11.6 Å². The zero-order chi connectivity index (χ0) is 14.5. The number of anilines is 1. The highest BCUT2D eigenvalue weighted by molar-refractivity contribution is 6.30. The first-order chi connectivity index (χ1) is 9.56. The molecule has 0 radical (unpaired) electrons. The van der Waals surface area contributed by atoms with Gasteiger partial charge in [0.25, 0.3) is 0 Å². The van der Waals surface area contributed by atoms with Crippen LogP contribution in [0.4, 0.5) is 5.69 Å².